The van der Waals surface area contributed by atoms with E-state index in [0.29, 0.717) is 12.1 Å². The van der Waals surface area contributed by atoms with Crippen molar-refractivity contribution in [3.63, 3.8) is 0 Å². The molecule has 92 valence electrons. The molecule has 0 aromatic heterocycles. The van der Waals surface area contributed by atoms with Gasteiger partial charge in [-0.1, -0.05) is 6.92 Å². The van der Waals surface area contributed by atoms with Crippen LogP contribution in [0.1, 0.15) is 51.9 Å². The van der Waals surface area contributed by atoms with Gasteiger partial charge < -0.3 is 11.1 Å². The standard InChI is InChI=1S/C13H24N2O/c1-9-2-7-12(8-9)15-13(16)10-3-5-11(14)6-4-10/h9-12H,2-8,14H2,1H3,(H,15,16). The minimum atomic E-state index is 0.232. The monoisotopic (exact) mass is 224 g/mol. The molecule has 3 N–H and O–H groups in total. The van der Waals surface area contributed by atoms with Crippen LogP contribution in [-0.4, -0.2) is 18.0 Å². The van der Waals surface area contributed by atoms with E-state index in [0.717, 1.165) is 38.0 Å². The Morgan fingerprint density at radius 1 is 1.12 bits per heavy atom. The van der Waals surface area contributed by atoms with Crippen molar-refractivity contribution in [1.29, 1.82) is 0 Å². The number of hydrogen-bond donors (Lipinski definition) is 2. The predicted molar refractivity (Wildman–Crippen MR) is 64.9 cm³/mol. The molecule has 3 nitrogen and oxygen atoms in total. The quantitative estimate of drug-likeness (QED) is 0.751. The number of nitrogens with one attached hydrogen (secondary N) is 1. The van der Waals surface area contributed by atoms with Gasteiger partial charge in [0.1, 0.15) is 0 Å². The molecule has 0 saturated heterocycles. The highest BCUT2D eigenvalue weighted by Crippen LogP contribution is 2.27. The molecular weight excluding hydrogens is 200 g/mol. The van der Waals surface area contributed by atoms with E-state index in [1.165, 1.54) is 12.8 Å². The molecule has 2 saturated carbocycles. The number of rotatable bonds is 2. The zero-order valence-electron chi connectivity index (χ0n) is 10.2. The summed E-state index contributed by atoms with van der Waals surface area (Å²) in [5, 5.41) is 3.21. The Labute approximate surface area is 98.2 Å². The van der Waals surface area contributed by atoms with Crippen molar-refractivity contribution in [3.8, 4) is 0 Å². The first-order valence-electron chi connectivity index (χ1n) is 6.71. The van der Waals surface area contributed by atoms with Gasteiger partial charge in [0.25, 0.3) is 0 Å². The first kappa shape index (κ1) is 11.9. The molecule has 0 heterocycles. The van der Waals surface area contributed by atoms with E-state index in [-0.39, 0.29) is 11.8 Å². The van der Waals surface area contributed by atoms with Gasteiger partial charge in [-0.05, 0) is 50.9 Å². The van der Waals surface area contributed by atoms with Gasteiger partial charge in [0.2, 0.25) is 5.91 Å². The van der Waals surface area contributed by atoms with E-state index in [1.54, 1.807) is 0 Å². The highest BCUT2D eigenvalue weighted by atomic mass is 16.1. The maximum absolute atomic E-state index is 12.0. The van der Waals surface area contributed by atoms with Crippen LogP contribution in [0.4, 0.5) is 0 Å². The van der Waals surface area contributed by atoms with Crippen molar-refractivity contribution in [2.24, 2.45) is 17.6 Å². The van der Waals surface area contributed by atoms with Crippen molar-refractivity contribution in [3.05, 3.63) is 0 Å². The summed E-state index contributed by atoms with van der Waals surface area (Å²) >= 11 is 0. The molecule has 0 aromatic rings. The van der Waals surface area contributed by atoms with Gasteiger partial charge in [-0.25, -0.2) is 0 Å². The van der Waals surface area contributed by atoms with Gasteiger partial charge in [0.05, 0.1) is 0 Å². The Kier molecular flexibility index (Phi) is 3.85. The summed E-state index contributed by atoms with van der Waals surface area (Å²) < 4.78 is 0. The lowest BCUT2D eigenvalue weighted by atomic mass is 9.86. The zero-order chi connectivity index (χ0) is 11.5. The van der Waals surface area contributed by atoms with Crippen LogP contribution in [0.25, 0.3) is 0 Å². The van der Waals surface area contributed by atoms with Crippen LogP contribution < -0.4 is 11.1 Å². The van der Waals surface area contributed by atoms with Gasteiger partial charge >= 0.3 is 0 Å². The van der Waals surface area contributed by atoms with Crippen LogP contribution >= 0.6 is 0 Å². The average Bonchev–Trinajstić information content (AvgIpc) is 2.65. The Hall–Kier alpha value is -0.570. The molecule has 2 rings (SSSR count). The Morgan fingerprint density at radius 2 is 1.81 bits per heavy atom. The molecule has 0 radical (unpaired) electrons. The third-order valence-electron chi connectivity index (χ3n) is 4.18. The lowest BCUT2D eigenvalue weighted by molar-refractivity contribution is -0.126. The summed E-state index contributed by atoms with van der Waals surface area (Å²) in [7, 11) is 0. The highest BCUT2D eigenvalue weighted by Gasteiger charge is 2.28. The third-order valence-corrected chi connectivity index (χ3v) is 4.18. The Balaban J connectivity index is 1.75. The maximum atomic E-state index is 12.0. The predicted octanol–water partition coefficient (Wildman–Crippen LogP) is 1.81. The number of amides is 1. The number of hydrogen-bond acceptors (Lipinski definition) is 2. The summed E-state index contributed by atoms with van der Waals surface area (Å²) in [6.07, 6.45) is 7.58. The summed E-state index contributed by atoms with van der Waals surface area (Å²) in [6.45, 7) is 2.27. The molecule has 1 amide bonds. The first-order chi connectivity index (χ1) is 7.65. The van der Waals surface area contributed by atoms with Crippen molar-refractivity contribution in [2.45, 2.75) is 64.0 Å². The second-order valence-electron chi connectivity index (χ2n) is 5.74. The fraction of sp³-hybridized carbons (Fsp3) is 0.923. The van der Waals surface area contributed by atoms with Crippen molar-refractivity contribution < 1.29 is 4.79 Å². The molecular formula is C13H24N2O. The number of carbonyl (C=O) groups excluding carboxylic acids is 1. The third kappa shape index (κ3) is 2.97. The molecule has 0 aliphatic heterocycles. The topological polar surface area (TPSA) is 55.1 Å². The maximum Gasteiger partial charge on any atom is 0.223 e. The van der Waals surface area contributed by atoms with Crippen molar-refractivity contribution >= 4 is 5.91 Å². The summed E-state index contributed by atoms with van der Waals surface area (Å²) in [6, 6.07) is 0.772. The zero-order valence-corrected chi connectivity index (χ0v) is 10.2. The second kappa shape index (κ2) is 5.17. The summed E-state index contributed by atoms with van der Waals surface area (Å²) in [5.41, 5.74) is 5.85. The molecule has 2 unspecified atom stereocenters. The van der Waals surface area contributed by atoms with Gasteiger partial charge in [-0.3, -0.25) is 4.79 Å². The first-order valence-corrected chi connectivity index (χ1v) is 6.71. The van der Waals surface area contributed by atoms with E-state index in [4.69, 9.17) is 5.73 Å². The summed E-state index contributed by atoms with van der Waals surface area (Å²) in [4.78, 5) is 12.0. The fourth-order valence-electron chi connectivity index (χ4n) is 3.04. The average molecular weight is 224 g/mol. The van der Waals surface area contributed by atoms with Crippen LogP contribution in [0.2, 0.25) is 0 Å². The molecule has 2 aliphatic rings. The normalized spacial score (nSPS) is 39.6. The number of nitrogens with two attached hydrogens (primary N) is 1. The molecule has 0 aromatic carbocycles. The summed E-state index contributed by atoms with van der Waals surface area (Å²) in [5.74, 6) is 1.30. The smallest absolute Gasteiger partial charge is 0.223 e. The molecule has 2 aliphatic carbocycles. The van der Waals surface area contributed by atoms with Crippen LogP contribution in [0, 0.1) is 11.8 Å². The van der Waals surface area contributed by atoms with Gasteiger partial charge in [-0.2, -0.15) is 0 Å². The van der Waals surface area contributed by atoms with Crippen LogP contribution in [0.3, 0.4) is 0 Å². The van der Waals surface area contributed by atoms with Crippen LogP contribution in [0.15, 0.2) is 0 Å². The van der Waals surface area contributed by atoms with E-state index in [2.05, 4.69) is 12.2 Å². The minimum absolute atomic E-state index is 0.232. The molecule has 2 atom stereocenters. The van der Waals surface area contributed by atoms with Crippen LogP contribution in [0.5, 0.6) is 0 Å². The SMILES string of the molecule is CC1CCC(NC(=O)C2CCC(N)CC2)C1. The van der Waals surface area contributed by atoms with Crippen molar-refractivity contribution in [1.82, 2.24) is 5.32 Å². The largest absolute Gasteiger partial charge is 0.353 e. The second-order valence-corrected chi connectivity index (χ2v) is 5.74. The van der Waals surface area contributed by atoms with E-state index in [9.17, 15) is 4.79 Å². The Morgan fingerprint density at radius 3 is 2.38 bits per heavy atom. The lowest BCUT2D eigenvalue weighted by Crippen LogP contribution is -2.40. The van der Waals surface area contributed by atoms with Crippen molar-refractivity contribution in [2.75, 3.05) is 0 Å². The van der Waals surface area contributed by atoms with Gasteiger partial charge in [0, 0.05) is 18.0 Å². The minimum Gasteiger partial charge on any atom is -0.353 e. The van der Waals surface area contributed by atoms with E-state index < -0.39 is 0 Å². The fourth-order valence-corrected chi connectivity index (χ4v) is 3.04. The van der Waals surface area contributed by atoms with E-state index in [1.807, 2.05) is 0 Å². The molecule has 2 fully saturated rings. The van der Waals surface area contributed by atoms with E-state index >= 15 is 0 Å². The lowest BCUT2D eigenvalue weighted by Gasteiger charge is -2.26. The van der Waals surface area contributed by atoms with Gasteiger partial charge in [-0.15, -0.1) is 0 Å². The highest BCUT2D eigenvalue weighted by molar-refractivity contribution is 5.79. The molecule has 16 heavy (non-hydrogen) atoms. The van der Waals surface area contributed by atoms with Crippen LogP contribution in [-0.2, 0) is 4.79 Å². The molecule has 0 spiro atoms. The molecule has 0 bridgehead atoms. The van der Waals surface area contributed by atoms with Gasteiger partial charge in [0.15, 0.2) is 0 Å². The molecule has 3 heteroatoms. The Bertz CT molecular complexity index is 246. The number of carbonyl (C=O) groups is 1.